The van der Waals surface area contributed by atoms with Gasteiger partial charge in [0.05, 0.1) is 17.6 Å². The van der Waals surface area contributed by atoms with Crippen LogP contribution in [0.2, 0.25) is 0 Å². The Morgan fingerprint density at radius 3 is 2.06 bits per heavy atom. The third-order valence-electron chi connectivity index (χ3n) is 4.42. The highest BCUT2D eigenvalue weighted by Crippen LogP contribution is 2.43. The largest absolute Gasteiger partial charge is 0.534 e. The van der Waals surface area contributed by atoms with E-state index in [0.717, 1.165) is 25.3 Å². The van der Waals surface area contributed by atoms with Crippen LogP contribution in [0.5, 0.6) is 5.75 Å². The van der Waals surface area contributed by atoms with Crippen molar-refractivity contribution in [2.75, 3.05) is 7.11 Å². The minimum Gasteiger partial charge on any atom is -0.467 e. The molecule has 0 amide bonds. The van der Waals surface area contributed by atoms with Gasteiger partial charge < -0.3 is 13.7 Å². The third kappa shape index (κ3) is 6.03. The van der Waals surface area contributed by atoms with E-state index in [2.05, 4.69) is 4.18 Å². The number of non-ortho nitro benzene ring substituents is 1. The molecule has 1 atom stereocenters. The van der Waals surface area contributed by atoms with Crippen LogP contribution in [0.15, 0.2) is 36.4 Å². The predicted molar refractivity (Wildman–Crippen MR) is 114 cm³/mol. The molecule has 1 unspecified atom stereocenters. The first kappa shape index (κ1) is 27.1. The second-order valence-corrected chi connectivity index (χ2v) is 9.63. The summed E-state index contributed by atoms with van der Waals surface area (Å²) in [5.74, 6) is -1.66. The number of nitrogens with zero attached hydrogens (tertiary/aromatic N) is 1. The number of ether oxygens (including phenoxy) is 2. The van der Waals surface area contributed by atoms with Crippen molar-refractivity contribution >= 4 is 21.8 Å². The fourth-order valence-corrected chi connectivity index (χ4v) is 3.48. The van der Waals surface area contributed by atoms with E-state index in [1.807, 2.05) is 0 Å². The maximum Gasteiger partial charge on any atom is 0.534 e. The lowest BCUT2D eigenvalue weighted by molar-refractivity contribution is -0.384. The van der Waals surface area contributed by atoms with Gasteiger partial charge in [-0.3, -0.25) is 10.1 Å². The molecule has 2 rings (SSSR count). The number of hydrogen-bond donors (Lipinski definition) is 0. The molecule has 34 heavy (non-hydrogen) atoms. The van der Waals surface area contributed by atoms with Crippen LogP contribution in [0.3, 0.4) is 0 Å². The Morgan fingerprint density at radius 1 is 1.06 bits per heavy atom. The highest BCUT2D eigenvalue weighted by Gasteiger charge is 2.49. The second-order valence-electron chi connectivity index (χ2n) is 8.09. The van der Waals surface area contributed by atoms with Crippen LogP contribution in [0, 0.1) is 17.0 Å². The van der Waals surface area contributed by atoms with Crippen molar-refractivity contribution in [3.05, 3.63) is 57.6 Å². The summed E-state index contributed by atoms with van der Waals surface area (Å²) < 4.78 is 77.8. The van der Waals surface area contributed by atoms with Crippen molar-refractivity contribution in [3.8, 4) is 16.9 Å². The van der Waals surface area contributed by atoms with Gasteiger partial charge in [-0.25, -0.2) is 4.79 Å². The zero-order chi connectivity index (χ0) is 26.1. The van der Waals surface area contributed by atoms with E-state index in [1.165, 1.54) is 25.1 Å². The lowest BCUT2D eigenvalue weighted by atomic mass is 9.91. The molecule has 2 aromatic carbocycles. The standard InChI is InChI=1S/C21H22F3NO8S/c1-12-6-11-15(33-34(29,30)21(22,23)24)17(13-7-9-14(10-8-13)25(27)28)16(12)18(19(26)31-5)32-20(2,3)4/h6-11,18H,1-5H3. The molecule has 0 aliphatic heterocycles. The van der Waals surface area contributed by atoms with E-state index in [-0.39, 0.29) is 22.4 Å². The van der Waals surface area contributed by atoms with Gasteiger partial charge in [0.15, 0.2) is 11.9 Å². The van der Waals surface area contributed by atoms with Gasteiger partial charge in [-0.2, -0.15) is 21.6 Å². The Balaban J connectivity index is 2.90. The third-order valence-corrected chi connectivity index (χ3v) is 5.39. The zero-order valence-corrected chi connectivity index (χ0v) is 19.6. The molecular formula is C21H22F3NO8S. The Kier molecular flexibility index (Phi) is 7.63. The Hall–Kier alpha value is -3.19. The van der Waals surface area contributed by atoms with E-state index in [9.17, 15) is 36.5 Å². The first-order valence-electron chi connectivity index (χ1n) is 9.63. The SMILES string of the molecule is COC(=O)C(OC(C)(C)C)c1c(C)ccc(OS(=O)(=O)C(F)(F)F)c1-c1ccc([N+](=O)[O-])cc1. The number of nitro benzene ring substituents is 1. The van der Waals surface area contributed by atoms with Crippen molar-refractivity contribution < 1.29 is 45.0 Å². The van der Waals surface area contributed by atoms with Crippen LogP contribution in [-0.2, 0) is 24.4 Å². The van der Waals surface area contributed by atoms with Gasteiger partial charge in [0.1, 0.15) is 0 Å². The summed E-state index contributed by atoms with van der Waals surface area (Å²) in [5, 5.41) is 11.0. The van der Waals surface area contributed by atoms with E-state index < -0.39 is 44.0 Å². The van der Waals surface area contributed by atoms with E-state index in [0.29, 0.717) is 5.56 Å². The number of aryl methyl sites for hydroxylation is 1. The summed E-state index contributed by atoms with van der Waals surface area (Å²) in [6.07, 6.45) is -1.49. The fraction of sp³-hybridized carbons (Fsp3) is 0.381. The molecular weight excluding hydrogens is 483 g/mol. The van der Waals surface area contributed by atoms with Gasteiger partial charge in [0.25, 0.3) is 5.69 Å². The molecule has 0 N–H and O–H groups in total. The minimum atomic E-state index is -6.08. The molecule has 0 spiro atoms. The molecule has 0 saturated carbocycles. The maximum absolute atomic E-state index is 13.1. The summed E-state index contributed by atoms with van der Waals surface area (Å²) in [7, 11) is -5.00. The summed E-state index contributed by atoms with van der Waals surface area (Å²) in [4.78, 5) is 23.0. The minimum absolute atomic E-state index is 0.0227. The Morgan fingerprint density at radius 2 is 1.62 bits per heavy atom. The topological polar surface area (TPSA) is 122 Å². The molecule has 13 heteroatoms. The van der Waals surface area contributed by atoms with Crippen LogP contribution in [0.25, 0.3) is 11.1 Å². The van der Waals surface area contributed by atoms with Crippen molar-refractivity contribution in [2.24, 2.45) is 0 Å². The lowest BCUT2D eigenvalue weighted by Gasteiger charge is -2.29. The van der Waals surface area contributed by atoms with Gasteiger partial charge in [0.2, 0.25) is 0 Å². The van der Waals surface area contributed by atoms with Gasteiger partial charge in [-0.05, 0) is 57.0 Å². The van der Waals surface area contributed by atoms with Crippen LogP contribution in [0.4, 0.5) is 18.9 Å². The highest BCUT2D eigenvalue weighted by molar-refractivity contribution is 7.88. The second kappa shape index (κ2) is 9.58. The van der Waals surface area contributed by atoms with Gasteiger partial charge in [0, 0.05) is 23.3 Å². The number of carbonyl (C=O) groups is 1. The van der Waals surface area contributed by atoms with Crippen molar-refractivity contribution in [2.45, 2.75) is 44.9 Å². The molecule has 0 saturated heterocycles. The predicted octanol–water partition coefficient (Wildman–Crippen LogP) is 4.83. The summed E-state index contributed by atoms with van der Waals surface area (Å²) in [5.41, 5.74) is -6.86. The lowest BCUT2D eigenvalue weighted by Crippen LogP contribution is -2.30. The van der Waals surface area contributed by atoms with Gasteiger partial charge in [-0.15, -0.1) is 0 Å². The average molecular weight is 505 g/mol. The smallest absolute Gasteiger partial charge is 0.467 e. The molecule has 0 bridgehead atoms. The molecule has 0 aliphatic carbocycles. The fourth-order valence-electron chi connectivity index (χ4n) is 3.01. The number of alkyl halides is 3. The molecule has 0 aromatic heterocycles. The van der Waals surface area contributed by atoms with Gasteiger partial charge >= 0.3 is 21.6 Å². The summed E-state index contributed by atoms with van der Waals surface area (Å²) >= 11 is 0. The number of carbonyl (C=O) groups excluding carboxylic acids is 1. The molecule has 0 fully saturated rings. The molecule has 0 heterocycles. The van der Waals surface area contributed by atoms with Crippen LogP contribution in [-0.4, -0.2) is 37.5 Å². The normalized spacial score (nSPS) is 13.3. The average Bonchev–Trinajstić information content (AvgIpc) is 2.71. The van der Waals surface area contributed by atoms with E-state index >= 15 is 0 Å². The first-order chi connectivity index (χ1) is 15.5. The molecule has 0 aliphatic rings. The summed E-state index contributed by atoms with van der Waals surface area (Å²) in [6.45, 7) is 6.39. The number of hydrogen-bond acceptors (Lipinski definition) is 8. The number of rotatable bonds is 7. The molecule has 186 valence electrons. The number of esters is 1. The molecule has 9 nitrogen and oxygen atoms in total. The van der Waals surface area contributed by atoms with Crippen molar-refractivity contribution in [3.63, 3.8) is 0 Å². The first-order valence-corrected chi connectivity index (χ1v) is 11.0. The Labute approximate surface area is 193 Å². The quantitative estimate of drug-likeness (QED) is 0.172. The Bertz CT molecular complexity index is 1190. The number of nitro groups is 1. The van der Waals surface area contributed by atoms with Crippen molar-refractivity contribution in [1.82, 2.24) is 0 Å². The van der Waals surface area contributed by atoms with E-state index in [4.69, 9.17) is 9.47 Å². The van der Waals surface area contributed by atoms with Crippen molar-refractivity contribution in [1.29, 1.82) is 0 Å². The highest BCUT2D eigenvalue weighted by atomic mass is 32.2. The monoisotopic (exact) mass is 505 g/mol. The number of halogens is 3. The molecule has 0 radical (unpaired) electrons. The maximum atomic E-state index is 13.1. The van der Waals surface area contributed by atoms with E-state index in [1.54, 1.807) is 20.8 Å². The van der Waals surface area contributed by atoms with Crippen LogP contribution >= 0.6 is 0 Å². The number of benzene rings is 2. The zero-order valence-electron chi connectivity index (χ0n) is 18.8. The van der Waals surface area contributed by atoms with Crippen LogP contribution in [0.1, 0.15) is 38.0 Å². The molecule has 2 aromatic rings. The summed E-state index contributed by atoms with van der Waals surface area (Å²) in [6, 6.07) is 6.77. The number of methoxy groups -OCH3 is 1. The van der Waals surface area contributed by atoms with Crippen LogP contribution < -0.4 is 4.18 Å². The van der Waals surface area contributed by atoms with Gasteiger partial charge in [-0.1, -0.05) is 6.07 Å².